The van der Waals surface area contributed by atoms with Crippen molar-refractivity contribution in [2.24, 2.45) is 5.73 Å². The molecule has 1 atom stereocenters. The highest BCUT2D eigenvalue weighted by atomic mass is 16.5. The molecule has 2 aromatic carbocycles. The first-order chi connectivity index (χ1) is 10.1. The fraction of sp³-hybridized carbons (Fsp3) is 0.333. The van der Waals surface area contributed by atoms with Gasteiger partial charge in [0.05, 0.1) is 12.2 Å². The average molecular weight is 285 g/mol. The van der Waals surface area contributed by atoms with Crippen molar-refractivity contribution in [3.63, 3.8) is 0 Å². The zero-order chi connectivity index (χ0) is 15.1. The van der Waals surface area contributed by atoms with Crippen LogP contribution in [0.4, 0.5) is 0 Å². The lowest BCUT2D eigenvalue weighted by Crippen LogP contribution is -2.34. The molecule has 3 heteroatoms. The van der Waals surface area contributed by atoms with E-state index in [2.05, 4.69) is 24.3 Å². The van der Waals surface area contributed by atoms with Crippen LogP contribution in [0.25, 0.3) is 11.1 Å². The molecule has 3 N–H and O–H groups in total. The Morgan fingerprint density at radius 1 is 1.00 bits per heavy atom. The van der Waals surface area contributed by atoms with Crippen LogP contribution in [-0.4, -0.2) is 23.9 Å². The quantitative estimate of drug-likeness (QED) is 0.768. The lowest BCUT2D eigenvalue weighted by Gasteiger charge is -2.20. The fourth-order valence-electron chi connectivity index (χ4n) is 2.12. The minimum absolute atomic E-state index is 0.277. The van der Waals surface area contributed by atoms with Gasteiger partial charge in [-0.1, -0.05) is 42.5 Å². The van der Waals surface area contributed by atoms with Gasteiger partial charge in [0.25, 0.3) is 0 Å². The van der Waals surface area contributed by atoms with E-state index in [1.54, 1.807) is 6.92 Å². The standard InChI is InChI=1S/C18H23NO2/c1-18(20,14-19)12-5-13-21-17-10-8-16(9-11-17)15-6-3-2-4-7-15/h2-4,6-11,20H,5,12-14,19H2,1H3. The van der Waals surface area contributed by atoms with E-state index in [0.717, 1.165) is 12.2 Å². The highest BCUT2D eigenvalue weighted by Crippen LogP contribution is 2.22. The molecule has 3 nitrogen and oxygen atoms in total. The lowest BCUT2D eigenvalue weighted by atomic mass is 10.0. The number of benzene rings is 2. The number of aliphatic hydroxyl groups is 1. The molecule has 0 heterocycles. The third kappa shape index (κ3) is 4.88. The molecule has 2 aromatic rings. The van der Waals surface area contributed by atoms with Gasteiger partial charge in [0.1, 0.15) is 5.75 Å². The van der Waals surface area contributed by atoms with Gasteiger partial charge in [-0.2, -0.15) is 0 Å². The van der Waals surface area contributed by atoms with Gasteiger partial charge in [-0.15, -0.1) is 0 Å². The number of rotatable bonds is 7. The van der Waals surface area contributed by atoms with Gasteiger partial charge in [-0.3, -0.25) is 0 Å². The molecule has 0 bridgehead atoms. The van der Waals surface area contributed by atoms with E-state index >= 15 is 0 Å². The first-order valence-electron chi connectivity index (χ1n) is 7.31. The summed E-state index contributed by atoms with van der Waals surface area (Å²) in [5.41, 5.74) is 7.06. The number of hydrogen-bond acceptors (Lipinski definition) is 3. The zero-order valence-electron chi connectivity index (χ0n) is 12.5. The van der Waals surface area contributed by atoms with E-state index in [4.69, 9.17) is 10.5 Å². The Bertz CT molecular complexity index is 535. The van der Waals surface area contributed by atoms with E-state index in [0.29, 0.717) is 13.0 Å². The largest absolute Gasteiger partial charge is 0.494 e. The van der Waals surface area contributed by atoms with Crippen molar-refractivity contribution >= 4 is 0 Å². The molecule has 0 radical (unpaired) electrons. The van der Waals surface area contributed by atoms with Crippen molar-refractivity contribution in [3.05, 3.63) is 54.6 Å². The second-order valence-electron chi connectivity index (χ2n) is 5.54. The monoisotopic (exact) mass is 285 g/mol. The second-order valence-corrected chi connectivity index (χ2v) is 5.54. The summed E-state index contributed by atoms with van der Waals surface area (Å²) in [7, 11) is 0. The Morgan fingerprint density at radius 2 is 1.62 bits per heavy atom. The fourth-order valence-corrected chi connectivity index (χ4v) is 2.12. The van der Waals surface area contributed by atoms with Crippen LogP contribution in [0.15, 0.2) is 54.6 Å². The molecule has 0 aromatic heterocycles. The van der Waals surface area contributed by atoms with Crippen LogP contribution < -0.4 is 10.5 Å². The summed E-state index contributed by atoms with van der Waals surface area (Å²) in [4.78, 5) is 0. The SMILES string of the molecule is CC(O)(CN)CCCOc1ccc(-c2ccccc2)cc1. The Kier molecular flexibility index (Phi) is 5.37. The van der Waals surface area contributed by atoms with E-state index in [1.165, 1.54) is 11.1 Å². The maximum Gasteiger partial charge on any atom is 0.119 e. The zero-order valence-corrected chi connectivity index (χ0v) is 12.5. The molecule has 21 heavy (non-hydrogen) atoms. The summed E-state index contributed by atoms with van der Waals surface area (Å²) in [6.07, 6.45) is 1.43. The van der Waals surface area contributed by atoms with Crippen LogP contribution in [0, 0.1) is 0 Å². The molecule has 0 aliphatic heterocycles. The molecule has 2 rings (SSSR count). The van der Waals surface area contributed by atoms with Gasteiger partial charge < -0.3 is 15.6 Å². The van der Waals surface area contributed by atoms with Crippen molar-refractivity contribution in [3.8, 4) is 16.9 Å². The molecule has 1 unspecified atom stereocenters. The molecule has 0 saturated carbocycles. The Morgan fingerprint density at radius 3 is 2.24 bits per heavy atom. The van der Waals surface area contributed by atoms with Gasteiger partial charge >= 0.3 is 0 Å². The highest BCUT2D eigenvalue weighted by molar-refractivity contribution is 5.63. The Balaban J connectivity index is 1.83. The van der Waals surface area contributed by atoms with E-state index in [-0.39, 0.29) is 6.54 Å². The second kappa shape index (κ2) is 7.25. The van der Waals surface area contributed by atoms with Crippen LogP contribution in [0.2, 0.25) is 0 Å². The van der Waals surface area contributed by atoms with Crippen molar-refractivity contribution in [2.45, 2.75) is 25.4 Å². The number of nitrogens with two attached hydrogens (primary N) is 1. The normalized spacial score (nSPS) is 13.7. The third-order valence-corrected chi connectivity index (χ3v) is 3.53. The Labute approximate surface area is 126 Å². The third-order valence-electron chi connectivity index (χ3n) is 3.53. The van der Waals surface area contributed by atoms with Gasteiger partial charge in [0, 0.05) is 6.54 Å². The van der Waals surface area contributed by atoms with E-state index < -0.39 is 5.60 Å². The topological polar surface area (TPSA) is 55.5 Å². The van der Waals surface area contributed by atoms with Crippen molar-refractivity contribution in [1.29, 1.82) is 0 Å². The average Bonchev–Trinajstić information content (AvgIpc) is 2.53. The Hall–Kier alpha value is -1.84. The summed E-state index contributed by atoms with van der Waals surface area (Å²) < 4.78 is 5.68. The van der Waals surface area contributed by atoms with Crippen LogP contribution in [0.5, 0.6) is 5.75 Å². The van der Waals surface area contributed by atoms with Crippen molar-refractivity contribution < 1.29 is 9.84 Å². The maximum absolute atomic E-state index is 9.80. The van der Waals surface area contributed by atoms with Gasteiger partial charge in [0.15, 0.2) is 0 Å². The molecular weight excluding hydrogens is 262 g/mol. The minimum Gasteiger partial charge on any atom is -0.494 e. The van der Waals surface area contributed by atoms with Crippen molar-refractivity contribution in [1.82, 2.24) is 0 Å². The van der Waals surface area contributed by atoms with Gasteiger partial charge in [-0.05, 0) is 43.0 Å². The molecule has 0 aliphatic carbocycles. The predicted octanol–water partition coefficient (Wildman–Crippen LogP) is 3.22. The predicted molar refractivity (Wildman–Crippen MR) is 86.3 cm³/mol. The van der Waals surface area contributed by atoms with E-state index in [1.807, 2.05) is 30.3 Å². The number of ether oxygens (including phenoxy) is 1. The molecule has 112 valence electrons. The van der Waals surface area contributed by atoms with Crippen LogP contribution in [0.1, 0.15) is 19.8 Å². The van der Waals surface area contributed by atoms with Gasteiger partial charge in [0.2, 0.25) is 0 Å². The van der Waals surface area contributed by atoms with E-state index in [9.17, 15) is 5.11 Å². The van der Waals surface area contributed by atoms with Crippen molar-refractivity contribution in [2.75, 3.05) is 13.2 Å². The van der Waals surface area contributed by atoms with Crippen LogP contribution in [-0.2, 0) is 0 Å². The molecule has 0 amide bonds. The molecule has 0 aliphatic rings. The molecule has 0 fully saturated rings. The van der Waals surface area contributed by atoms with Crippen LogP contribution >= 0.6 is 0 Å². The maximum atomic E-state index is 9.80. The smallest absolute Gasteiger partial charge is 0.119 e. The summed E-state index contributed by atoms with van der Waals surface area (Å²) in [5, 5.41) is 9.80. The van der Waals surface area contributed by atoms with Gasteiger partial charge in [-0.25, -0.2) is 0 Å². The summed E-state index contributed by atoms with van der Waals surface area (Å²) in [6.45, 7) is 2.61. The van der Waals surface area contributed by atoms with Crippen LogP contribution in [0.3, 0.4) is 0 Å². The minimum atomic E-state index is -0.791. The highest BCUT2D eigenvalue weighted by Gasteiger charge is 2.16. The summed E-state index contributed by atoms with van der Waals surface area (Å²) >= 11 is 0. The molecule has 0 spiro atoms. The first kappa shape index (κ1) is 15.5. The summed E-state index contributed by atoms with van der Waals surface area (Å²) in [5.74, 6) is 0.849. The first-order valence-corrected chi connectivity index (χ1v) is 7.31. The molecule has 0 saturated heterocycles. The molecular formula is C18H23NO2. The summed E-state index contributed by atoms with van der Waals surface area (Å²) in [6, 6.07) is 18.3. The lowest BCUT2D eigenvalue weighted by molar-refractivity contribution is 0.0536. The number of hydrogen-bond donors (Lipinski definition) is 2.